The van der Waals surface area contributed by atoms with Crippen LogP contribution in [0, 0.1) is 0 Å². The van der Waals surface area contributed by atoms with Gasteiger partial charge in [0.05, 0.1) is 0 Å². The first-order chi connectivity index (χ1) is 0. The predicted octanol–water partition coefficient (Wildman–Crippen LogP) is -1.46. The molecule has 0 aliphatic carbocycles. The van der Waals surface area contributed by atoms with Crippen LogP contribution in [0.25, 0.3) is 0 Å². The van der Waals surface area contributed by atoms with Gasteiger partial charge in [-0.15, -0.1) is 0 Å². The summed E-state index contributed by atoms with van der Waals surface area (Å²) in [5.41, 5.74) is 0. The molecule has 0 aromatic rings. The molecule has 0 rings (SSSR count). The monoisotopic (exact) mass is 208 g/mol. The van der Waals surface area contributed by atoms with Crippen LogP contribution in [0.3, 0.4) is 0 Å². The van der Waals surface area contributed by atoms with Gasteiger partial charge in [-0.3, -0.25) is 0 Å². The van der Waals surface area contributed by atoms with Crippen molar-refractivity contribution in [3.63, 3.8) is 0 Å². The third kappa shape index (κ3) is 9.26. The van der Waals surface area contributed by atoms with Gasteiger partial charge in [-0.2, -0.15) is 0 Å². The van der Waals surface area contributed by atoms with Gasteiger partial charge in [0.15, 0.2) is 0 Å². The summed E-state index contributed by atoms with van der Waals surface area (Å²) in [6.07, 6.45) is 0. The van der Waals surface area contributed by atoms with Gasteiger partial charge in [0.25, 0.3) is 0 Å². The number of hydrogen-bond acceptors (Lipinski definition) is 0. The van der Waals surface area contributed by atoms with E-state index in [1.807, 2.05) is 0 Å². The van der Waals surface area contributed by atoms with E-state index in [1.165, 1.54) is 0 Å². The Morgan fingerprint density at radius 1 is 1.00 bits per heavy atom. The largest absolute Gasteiger partial charge is 0.0149 e. The topological polar surface area (TPSA) is 0 Å². The fourth-order valence-electron chi connectivity index (χ4n) is 0. The summed E-state index contributed by atoms with van der Waals surface area (Å²) in [4.78, 5) is 0. The van der Waals surface area contributed by atoms with Crippen molar-refractivity contribution >= 4 is 11.0 Å². The SMILES string of the molecule is [Cu].[Mn].[Ni].[SiH4]. The first-order valence-electron chi connectivity index (χ1n) is 0. The van der Waals surface area contributed by atoms with Crippen LogP contribution in [0.4, 0.5) is 0 Å². The van der Waals surface area contributed by atoms with Crippen LogP contribution in [-0.2, 0) is 50.6 Å². The Kier molecular flexibility index (Phi) is 231. The molecule has 0 aromatic carbocycles. The molecule has 0 aliphatic rings. The molecule has 0 nitrogen and oxygen atoms in total. The fourth-order valence-corrected chi connectivity index (χ4v) is 0. The summed E-state index contributed by atoms with van der Waals surface area (Å²) in [6, 6.07) is 0. The molecule has 0 fully saturated rings. The maximum atomic E-state index is 0. The summed E-state index contributed by atoms with van der Waals surface area (Å²) in [5.74, 6) is 0. The smallest absolute Gasteiger partial charge is 0 e. The second kappa shape index (κ2) is 21.8. The quantitative estimate of drug-likeness (QED) is 0.428. The molecular weight excluding hydrogens is 205 g/mol. The van der Waals surface area contributed by atoms with Crippen molar-refractivity contribution in [1.82, 2.24) is 0 Å². The molecule has 0 spiro atoms. The molecule has 0 amide bonds. The molecule has 0 N–H and O–H groups in total. The van der Waals surface area contributed by atoms with E-state index in [4.69, 9.17) is 0 Å². The first-order valence-corrected chi connectivity index (χ1v) is 0. The van der Waals surface area contributed by atoms with E-state index in [0.717, 1.165) is 0 Å². The van der Waals surface area contributed by atoms with Crippen molar-refractivity contribution < 1.29 is 50.6 Å². The van der Waals surface area contributed by atoms with E-state index in [-0.39, 0.29) is 61.6 Å². The van der Waals surface area contributed by atoms with Gasteiger partial charge in [0, 0.05) is 50.6 Å². The molecule has 4 heteroatoms. The van der Waals surface area contributed by atoms with E-state index in [9.17, 15) is 0 Å². The summed E-state index contributed by atoms with van der Waals surface area (Å²) < 4.78 is 0. The van der Waals surface area contributed by atoms with Crippen LogP contribution < -0.4 is 0 Å². The molecule has 2 radical (unpaired) electrons. The van der Waals surface area contributed by atoms with Gasteiger partial charge in [-0.25, -0.2) is 0 Å². The molecule has 0 aliphatic heterocycles. The Balaban J connectivity index is 0. The fraction of sp³-hybridized carbons (Fsp3) is 0. The summed E-state index contributed by atoms with van der Waals surface area (Å²) in [6.45, 7) is 0. The van der Waals surface area contributed by atoms with E-state index in [1.54, 1.807) is 0 Å². The average Bonchev–Trinajstić information content (AvgIpc) is 0. The third-order valence-electron chi connectivity index (χ3n) is 0. The zero-order valence-corrected chi connectivity index (χ0v) is 4.11. The van der Waals surface area contributed by atoms with Crippen molar-refractivity contribution in [3.8, 4) is 0 Å². The molecule has 4 heavy (non-hydrogen) atoms. The van der Waals surface area contributed by atoms with Crippen LogP contribution in [0.1, 0.15) is 0 Å². The molecule has 0 saturated heterocycles. The second-order valence-electron chi connectivity index (χ2n) is 0. The van der Waals surface area contributed by atoms with E-state index < -0.39 is 0 Å². The summed E-state index contributed by atoms with van der Waals surface area (Å²) in [7, 11) is 0. The van der Waals surface area contributed by atoms with Crippen molar-refractivity contribution in [2.24, 2.45) is 0 Å². The zero-order chi connectivity index (χ0) is 0. The van der Waals surface area contributed by atoms with Gasteiger partial charge in [0.2, 0.25) is 0 Å². The standard InChI is InChI=1S/Cu.Mn.Ni.H4Si/h;;;1H4. The Labute approximate surface area is 61.4 Å². The Bertz CT molecular complexity index is 8.00. The zero-order valence-electron chi connectivity index (χ0n) is 0.996. The van der Waals surface area contributed by atoms with E-state index in [2.05, 4.69) is 0 Å². The number of hydrogen-bond donors (Lipinski definition) is 0. The van der Waals surface area contributed by atoms with Gasteiger partial charge in [-0.05, 0) is 11.0 Å². The molecule has 0 bridgehead atoms. The Morgan fingerprint density at radius 2 is 1.00 bits per heavy atom. The third-order valence-corrected chi connectivity index (χ3v) is 0. The Hall–Kier alpha value is 1.75. The van der Waals surface area contributed by atoms with Crippen LogP contribution >= 0.6 is 0 Å². The summed E-state index contributed by atoms with van der Waals surface area (Å²) in [5, 5.41) is 0. The first kappa shape index (κ1) is 42.4. The van der Waals surface area contributed by atoms with Gasteiger partial charge >= 0.3 is 0 Å². The molecule has 0 unspecified atom stereocenters. The Morgan fingerprint density at radius 3 is 1.00 bits per heavy atom. The van der Waals surface area contributed by atoms with Crippen LogP contribution in [-0.4, -0.2) is 11.0 Å². The van der Waals surface area contributed by atoms with Crippen LogP contribution in [0.2, 0.25) is 0 Å². The maximum Gasteiger partial charge on any atom is 0 e. The van der Waals surface area contributed by atoms with Gasteiger partial charge in [0.1, 0.15) is 0 Å². The van der Waals surface area contributed by atoms with Gasteiger partial charge < -0.3 is 0 Å². The number of rotatable bonds is 0. The molecular formula is H4CuMnNiSi. The van der Waals surface area contributed by atoms with Crippen molar-refractivity contribution in [2.75, 3.05) is 0 Å². The van der Waals surface area contributed by atoms with Crippen LogP contribution in [0.5, 0.6) is 0 Å². The molecule has 0 aromatic heterocycles. The minimum Gasteiger partial charge on any atom is -0.0149 e. The van der Waals surface area contributed by atoms with Crippen molar-refractivity contribution in [2.45, 2.75) is 0 Å². The van der Waals surface area contributed by atoms with E-state index >= 15 is 0 Å². The molecule has 0 heterocycles. The normalized spacial score (nSPS) is 0. The minimum absolute atomic E-state index is 0. The summed E-state index contributed by atoms with van der Waals surface area (Å²) >= 11 is 0. The molecule has 36 valence electrons. The maximum absolute atomic E-state index is 0. The average molecular weight is 209 g/mol. The van der Waals surface area contributed by atoms with Crippen LogP contribution in [0.15, 0.2) is 0 Å². The van der Waals surface area contributed by atoms with Gasteiger partial charge in [-0.1, -0.05) is 0 Å². The van der Waals surface area contributed by atoms with Crippen molar-refractivity contribution in [3.05, 3.63) is 0 Å². The van der Waals surface area contributed by atoms with Crippen molar-refractivity contribution in [1.29, 1.82) is 0 Å². The predicted molar refractivity (Wildman–Crippen MR) is 11.3 cm³/mol. The second-order valence-corrected chi connectivity index (χ2v) is 0. The minimum atomic E-state index is 0. The molecule has 0 saturated carbocycles. The van der Waals surface area contributed by atoms with E-state index in [0.29, 0.717) is 0 Å². The molecule has 0 atom stereocenters.